The van der Waals surface area contributed by atoms with E-state index in [1.807, 2.05) is 37.3 Å². The Balaban J connectivity index is 2.08. The van der Waals surface area contributed by atoms with Crippen LogP contribution in [0.2, 0.25) is 0 Å². The van der Waals surface area contributed by atoms with Crippen LogP contribution in [0, 0.1) is 0 Å². The van der Waals surface area contributed by atoms with Crippen molar-refractivity contribution < 1.29 is 8.42 Å². The smallest absolute Gasteiger partial charge is 0.234 e. The first-order chi connectivity index (χ1) is 8.98. The lowest BCUT2D eigenvalue weighted by molar-refractivity contribution is 0.595. The Morgan fingerprint density at radius 1 is 1.37 bits per heavy atom. The molecule has 0 aliphatic carbocycles. The van der Waals surface area contributed by atoms with Gasteiger partial charge in [-0.25, -0.2) is 8.42 Å². The number of nitrogen functional groups attached to an aromatic ring is 1. The molecule has 4 N–H and O–H groups in total. The summed E-state index contributed by atoms with van der Waals surface area (Å²) in [7, 11) is -3.48. The Bertz CT molecular complexity index is 637. The van der Waals surface area contributed by atoms with Crippen molar-refractivity contribution >= 4 is 21.5 Å². The van der Waals surface area contributed by atoms with Crippen molar-refractivity contribution in [2.24, 2.45) is 0 Å². The highest BCUT2D eigenvalue weighted by Gasteiger charge is 2.18. The summed E-state index contributed by atoms with van der Waals surface area (Å²) in [5.74, 6) is 0.0817. The zero-order valence-corrected chi connectivity index (χ0v) is 11.3. The quantitative estimate of drug-likeness (QED) is 0.773. The van der Waals surface area contributed by atoms with Gasteiger partial charge in [0.05, 0.1) is 17.6 Å². The minimum atomic E-state index is -3.48. The lowest BCUT2D eigenvalue weighted by Gasteiger charge is -2.13. The van der Waals surface area contributed by atoms with Crippen LogP contribution in [0.1, 0.15) is 18.4 Å². The average molecular weight is 280 g/mol. The van der Waals surface area contributed by atoms with Gasteiger partial charge in [-0.05, 0) is 11.5 Å². The number of sulfonamides is 1. The minimum absolute atomic E-state index is 0.0184. The van der Waals surface area contributed by atoms with Crippen molar-refractivity contribution in [3.8, 4) is 0 Å². The highest BCUT2D eigenvalue weighted by molar-refractivity contribution is 7.92. The van der Waals surface area contributed by atoms with Crippen LogP contribution in [0.5, 0.6) is 0 Å². The number of rotatable bonds is 5. The molecule has 2 rings (SSSR count). The zero-order valence-electron chi connectivity index (χ0n) is 10.5. The molecule has 0 bridgehead atoms. The molecule has 0 spiro atoms. The standard InChI is InChI=1S/C12H16N4O2S/c1-9(10-5-3-2-4-6-10)8-19(17,18)16-12-11(13)7-14-15-12/h2-7,9H,8,13H2,1H3,(H2,14,15,16). The van der Waals surface area contributed by atoms with Gasteiger partial charge in [-0.15, -0.1) is 0 Å². The second-order valence-corrected chi connectivity index (χ2v) is 6.16. The number of aromatic amines is 1. The van der Waals surface area contributed by atoms with Crippen molar-refractivity contribution in [1.29, 1.82) is 0 Å². The summed E-state index contributed by atoms with van der Waals surface area (Å²) in [5.41, 5.74) is 6.82. The molecule has 2 aromatic rings. The lowest BCUT2D eigenvalue weighted by Crippen LogP contribution is -2.21. The number of nitrogens with one attached hydrogen (secondary N) is 2. The van der Waals surface area contributed by atoms with Crippen molar-refractivity contribution in [3.05, 3.63) is 42.1 Å². The topological polar surface area (TPSA) is 101 Å². The maximum atomic E-state index is 12.0. The molecule has 19 heavy (non-hydrogen) atoms. The predicted octanol–water partition coefficient (Wildman–Crippen LogP) is 1.54. The third-order valence-electron chi connectivity index (χ3n) is 2.76. The highest BCUT2D eigenvalue weighted by Crippen LogP contribution is 2.19. The molecule has 0 saturated carbocycles. The highest BCUT2D eigenvalue weighted by atomic mass is 32.2. The van der Waals surface area contributed by atoms with Gasteiger partial charge in [0.2, 0.25) is 10.0 Å². The van der Waals surface area contributed by atoms with Gasteiger partial charge in [-0.2, -0.15) is 5.10 Å². The van der Waals surface area contributed by atoms with Gasteiger partial charge in [0.1, 0.15) is 0 Å². The summed E-state index contributed by atoms with van der Waals surface area (Å²) in [6.07, 6.45) is 1.36. The van der Waals surface area contributed by atoms with E-state index in [1.54, 1.807) is 0 Å². The Hall–Kier alpha value is -2.02. The van der Waals surface area contributed by atoms with E-state index >= 15 is 0 Å². The largest absolute Gasteiger partial charge is 0.394 e. The van der Waals surface area contributed by atoms with Gasteiger partial charge in [0, 0.05) is 0 Å². The van der Waals surface area contributed by atoms with Crippen molar-refractivity contribution in [2.75, 3.05) is 16.2 Å². The molecule has 0 fully saturated rings. The van der Waals surface area contributed by atoms with Crippen LogP contribution in [0.25, 0.3) is 0 Å². The first-order valence-corrected chi connectivity index (χ1v) is 7.47. The number of nitrogens with zero attached hydrogens (tertiary/aromatic N) is 1. The fourth-order valence-corrected chi connectivity index (χ4v) is 3.19. The maximum Gasteiger partial charge on any atom is 0.234 e. The van der Waals surface area contributed by atoms with Gasteiger partial charge in [-0.3, -0.25) is 9.82 Å². The maximum absolute atomic E-state index is 12.0. The van der Waals surface area contributed by atoms with Crippen LogP contribution >= 0.6 is 0 Å². The summed E-state index contributed by atoms with van der Waals surface area (Å²) >= 11 is 0. The van der Waals surface area contributed by atoms with E-state index < -0.39 is 10.0 Å². The van der Waals surface area contributed by atoms with Crippen molar-refractivity contribution in [3.63, 3.8) is 0 Å². The molecule has 0 saturated heterocycles. The molecule has 0 radical (unpaired) electrons. The van der Waals surface area contributed by atoms with E-state index in [2.05, 4.69) is 14.9 Å². The third kappa shape index (κ3) is 3.47. The number of hydrogen-bond acceptors (Lipinski definition) is 4. The molecule has 1 aromatic carbocycles. The van der Waals surface area contributed by atoms with E-state index in [0.29, 0.717) is 0 Å². The van der Waals surface area contributed by atoms with Crippen LogP contribution in [0.4, 0.5) is 11.5 Å². The number of hydrogen-bond donors (Lipinski definition) is 3. The van der Waals surface area contributed by atoms with Crippen LogP contribution < -0.4 is 10.5 Å². The molecule has 1 atom stereocenters. The van der Waals surface area contributed by atoms with E-state index in [9.17, 15) is 8.42 Å². The Labute approximate surface area is 112 Å². The number of H-pyrrole nitrogens is 1. The van der Waals surface area contributed by atoms with Crippen LogP contribution in [-0.2, 0) is 10.0 Å². The Morgan fingerprint density at radius 2 is 2.05 bits per heavy atom. The molecular weight excluding hydrogens is 264 g/mol. The van der Waals surface area contributed by atoms with E-state index in [1.165, 1.54) is 6.20 Å². The van der Waals surface area contributed by atoms with Gasteiger partial charge in [0.25, 0.3) is 0 Å². The molecule has 102 valence electrons. The van der Waals surface area contributed by atoms with E-state index in [4.69, 9.17) is 5.73 Å². The third-order valence-corrected chi connectivity index (χ3v) is 4.22. The van der Waals surface area contributed by atoms with Gasteiger partial charge < -0.3 is 5.73 Å². The number of anilines is 2. The molecule has 0 aliphatic rings. The van der Waals surface area contributed by atoms with Gasteiger partial charge in [0.15, 0.2) is 5.82 Å². The Kier molecular flexibility index (Phi) is 3.75. The molecule has 1 heterocycles. The Morgan fingerprint density at radius 3 is 2.63 bits per heavy atom. The van der Waals surface area contributed by atoms with Crippen LogP contribution in [-0.4, -0.2) is 24.4 Å². The molecule has 0 amide bonds. The fourth-order valence-electron chi connectivity index (χ4n) is 1.78. The molecule has 1 aromatic heterocycles. The second-order valence-electron chi connectivity index (χ2n) is 4.40. The summed E-state index contributed by atoms with van der Waals surface area (Å²) in [6, 6.07) is 9.49. The number of aromatic nitrogens is 2. The van der Waals surface area contributed by atoms with Crippen LogP contribution in [0.3, 0.4) is 0 Å². The average Bonchev–Trinajstić information content (AvgIpc) is 2.75. The van der Waals surface area contributed by atoms with Crippen LogP contribution in [0.15, 0.2) is 36.5 Å². The summed E-state index contributed by atoms with van der Waals surface area (Å²) in [4.78, 5) is 0. The molecule has 6 nitrogen and oxygen atoms in total. The van der Waals surface area contributed by atoms with Gasteiger partial charge >= 0.3 is 0 Å². The van der Waals surface area contributed by atoms with Gasteiger partial charge in [-0.1, -0.05) is 37.3 Å². The second kappa shape index (κ2) is 5.31. The van der Waals surface area contributed by atoms with Crippen molar-refractivity contribution in [1.82, 2.24) is 10.2 Å². The molecule has 0 aliphatic heterocycles. The summed E-state index contributed by atoms with van der Waals surface area (Å²) in [5, 5.41) is 6.18. The number of nitrogens with two attached hydrogens (primary N) is 1. The SMILES string of the molecule is CC(CS(=O)(=O)Nc1[nH]ncc1N)c1ccccc1. The minimum Gasteiger partial charge on any atom is -0.394 e. The first-order valence-electron chi connectivity index (χ1n) is 5.82. The molecule has 1 unspecified atom stereocenters. The normalized spacial score (nSPS) is 13.1. The lowest BCUT2D eigenvalue weighted by atomic mass is 10.0. The fraction of sp³-hybridized carbons (Fsp3) is 0.250. The number of benzene rings is 1. The molecule has 7 heteroatoms. The monoisotopic (exact) mass is 280 g/mol. The first kappa shape index (κ1) is 13.4. The van der Waals surface area contributed by atoms with E-state index in [0.717, 1.165) is 5.56 Å². The predicted molar refractivity (Wildman–Crippen MR) is 75.3 cm³/mol. The summed E-state index contributed by atoms with van der Waals surface area (Å²) < 4.78 is 26.4. The van der Waals surface area contributed by atoms with Crippen molar-refractivity contribution in [2.45, 2.75) is 12.8 Å². The summed E-state index contributed by atoms with van der Waals surface area (Å²) in [6.45, 7) is 1.87. The zero-order chi connectivity index (χ0) is 13.9. The van der Waals surface area contributed by atoms with E-state index in [-0.39, 0.29) is 23.2 Å². The molecular formula is C12H16N4O2S.